The molecule has 2 N–H and O–H groups in total. The van der Waals surface area contributed by atoms with E-state index < -0.39 is 0 Å². The summed E-state index contributed by atoms with van der Waals surface area (Å²) < 4.78 is 5.28. The van der Waals surface area contributed by atoms with Crippen LogP contribution in [0.25, 0.3) is 11.5 Å². The van der Waals surface area contributed by atoms with Crippen LogP contribution < -0.4 is 5.32 Å². The van der Waals surface area contributed by atoms with E-state index in [0.717, 1.165) is 0 Å². The highest BCUT2D eigenvalue weighted by molar-refractivity contribution is 5.94. The summed E-state index contributed by atoms with van der Waals surface area (Å²) >= 11 is 0. The molecular formula is C15H14N6O2. The van der Waals surface area contributed by atoms with Gasteiger partial charge in [0, 0.05) is 31.5 Å². The molecule has 3 aromatic rings. The third kappa shape index (κ3) is 2.66. The van der Waals surface area contributed by atoms with Gasteiger partial charge in [-0.1, -0.05) is 0 Å². The highest BCUT2D eigenvalue weighted by atomic mass is 16.3. The average molecular weight is 310 g/mol. The minimum atomic E-state index is -0.105. The van der Waals surface area contributed by atoms with E-state index in [4.69, 9.17) is 4.42 Å². The molecule has 0 aromatic carbocycles. The monoisotopic (exact) mass is 310 g/mol. The molecule has 0 unspecified atom stereocenters. The van der Waals surface area contributed by atoms with E-state index in [9.17, 15) is 4.79 Å². The number of carbonyl (C=O) groups is 1. The van der Waals surface area contributed by atoms with Crippen molar-refractivity contribution in [1.29, 1.82) is 0 Å². The molecule has 1 amide bonds. The summed E-state index contributed by atoms with van der Waals surface area (Å²) in [7, 11) is 0. The zero-order chi connectivity index (χ0) is 15.6. The van der Waals surface area contributed by atoms with Crippen molar-refractivity contribution in [2.45, 2.75) is 6.04 Å². The van der Waals surface area contributed by atoms with Crippen molar-refractivity contribution >= 4 is 11.9 Å². The largest absolute Gasteiger partial charge is 0.463 e. The average Bonchev–Trinajstić information content (AvgIpc) is 3.21. The molecule has 23 heavy (non-hydrogen) atoms. The van der Waals surface area contributed by atoms with E-state index in [-0.39, 0.29) is 11.9 Å². The Morgan fingerprint density at radius 1 is 1.30 bits per heavy atom. The first-order chi connectivity index (χ1) is 11.3. The van der Waals surface area contributed by atoms with Crippen molar-refractivity contribution in [2.24, 2.45) is 0 Å². The van der Waals surface area contributed by atoms with Crippen LogP contribution in [0.5, 0.6) is 0 Å². The van der Waals surface area contributed by atoms with Gasteiger partial charge in [-0.2, -0.15) is 5.10 Å². The summed E-state index contributed by atoms with van der Waals surface area (Å²) in [6, 6.07) is 7.21. The van der Waals surface area contributed by atoms with Gasteiger partial charge in [0.05, 0.1) is 12.3 Å². The molecule has 1 aliphatic rings. The maximum absolute atomic E-state index is 12.4. The summed E-state index contributed by atoms with van der Waals surface area (Å²) in [5, 5.41) is 10.1. The Bertz CT molecular complexity index is 793. The molecule has 116 valence electrons. The van der Waals surface area contributed by atoms with Crippen LogP contribution in [0.4, 0.5) is 5.95 Å². The summed E-state index contributed by atoms with van der Waals surface area (Å²) in [5.41, 5.74) is 1.07. The van der Waals surface area contributed by atoms with Gasteiger partial charge >= 0.3 is 0 Å². The molecule has 1 fully saturated rings. The minimum absolute atomic E-state index is 0.105. The predicted octanol–water partition coefficient (Wildman–Crippen LogP) is 1.40. The molecule has 0 aliphatic carbocycles. The third-order valence-corrected chi connectivity index (χ3v) is 3.65. The van der Waals surface area contributed by atoms with E-state index in [1.807, 2.05) is 6.07 Å². The van der Waals surface area contributed by atoms with Gasteiger partial charge in [-0.15, -0.1) is 0 Å². The standard InChI is InChI=1S/C15H14N6O2/c22-14(12-7-11(19-20-12)13-3-1-6-23-13)21-8-10(9-21)18-15-16-4-2-5-17-15/h1-7,10H,8-9H2,(H,19,20)(H,16,17,18). The maximum atomic E-state index is 12.4. The number of furan rings is 1. The van der Waals surface area contributed by atoms with Gasteiger partial charge < -0.3 is 14.6 Å². The van der Waals surface area contributed by atoms with Crippen LogP contribution in [0.15, 0.2) is 47.3 Å². The quantitative estimate of drug-likeness (QED) is 0.755. The number of aromatic nitrogens is 4. The number of H-pyrrole nitrogens is 1. The van der Waals surface area contributed by atoms with E-state index in [2.05, 4.69) is 25.5 Å². The molecule has 4 rings (SSSR count). The lowest BCUT2D eigenvalue weighted by molar-refractivity contribution is 0.0618. The lowest BCUT2D eigenvalue weighted by atomic mass is 10.1. The van der Waals surface area contributed by atoms with Crippen LogP contribution in [0.1, 0.15) is 10.5 Å². The van der Waals surface area contributed by atoms with Crippen molar-refractivity contribution in [3.63, 3.8) is 0 Å². The maximum Gasteiger partial charge on any atom is 0.274 e. The smallest absolute Gasteiger partial charge is 0.274 e. The molecule has 1 saturated heterocycles. The number of nitrogens with zero attached hydrogens (tertiary/aromatic N) is 4. The van der Waals surface area contributed by atoms with Gasteiger partial charge in [0.2, 0.25) is 5.95 Å². The summed E-state index contributed by atoms with van der Waals surface area (Å²) in [5.74, 6) is 1.12. The van der Waals surface area contributed by atoms with Gasteiger partial charge in [-0.25, -0.2) is 9.97 Å². The van der Waals surface area contributed by atoms with E-state index in [1.165, 1.54) is 0 Å². The number of amides is 1. The molecule has 8 nitrogen and oxygen atoms in total. The lowest BCUT2D eigenvalue weighted by Crippen LogP contribution is -2.57. The predicted molar refractivity (Wildman–Crippen MR) is 81.6 cm³/mol. The van der Waals surface area contributed by atoms with E-state index in [0.29, 0.717) is 36.2 Å². The molecule has 3 aromatic heterocycles. The molecule has 1 aliphatic heterocycles. The fraction of sp³-hybridized carbons (Fsp3) is 0.200. The fourth-order valence-electron chi connectivity index (χ4n) is 2.44. The number of rotatable bonds is 4. The number of likely N-dealkylation sites (tertiary alicyclic amines) is 1. The fourth-order valence-corrected chi connectivity index (χ4v) is 2.44. The van der Waals surface area contributed by atoms with Crippen LogP contribution in [0.2, 0.25) is 0 Å². The molecule has 8 heteroatoms. The lowest BCUT2D eigenvalue weighted by Gasteiger charge is -2.39. The summed E-state index contributed by atoms with van der Waals surface area (Å²) in [6.45, 7) is 1.19. The van der Waals surface area contributed by atoms with Gasteiger partial charge in [-0.05, 0) is 18.2 Å². The number of hydrogen-bond donors (Lipinski definition) is 2. The van der Waals surface area contributed by atoms with Crippen molar-refractivity contribution in [3.05, 3.63) is 48.6 Å². The molecule has 0 radical (unpaired) electrons. The second kappa shape index (κ2) is 5.56. The van der Waals surface area contributed by atoms with Crippen molar-refractivity contribution in [1.82, 2.24) is 25.1 Å². The van der Waals surface area contributed by atoms with Crippen molar-refractivity contribution in [3.8, 4) is 11.5 Å². The zero-order valence-corrected chi connectivity index (χ0v) is 12.1. The number of carbonyl (C=O) groups excluding carboxylic acids is 1. The Labute approximate surface area is 131 Å². The normalized spacial score (nSPS) is 14.5. The number of aromatic amines is 1. The highest BCUT2D eigenvalue weighted by Crippen LogP contribution is 2.20. The first-order valence-corrected chi connectivity index (χ1v) is 7.22. The van der Waals surface area contributed by atoms with Crippen LogP contribution in [0, 0.1) is 0 Å². The van der Waals surface area contributed by atoms with Crippen LogP contribution in [0.3, 0.4) is 0 Å². The molecule has 0 atom stereocenters. The van der Waals surface area contributed by atoms with Gasteiger partial charge in [0.25, 0.3) is 5.91 Å². The van der Waals surface area contributed by atoms with Gasteiger partial charge in [0.15, 0.2) is 11.5 Å². The Morgan fingerprint density at radius 2 is 2.13 bits per heavy atom. The molecule has 4 heterocycles. The summed E-state index contributed by atoms with van der Waals surface area (Å²) in [4.78, 5) is 22.3. The number of hydrogen-bond acceptors (Lipinski definition) is 6. The van der Waals surface area contributed by atoms with Crippen molar-refractivity contribution < 1.29 is 9.21 Å². The van der Waals surface area contributed by atoms with Gasteiger partial charge in [-0.3, -0.25) is 9.89 Å². The zero-order valence-electron chi connectivity index (χ0n) is 12.1. The highest BCUT2D eigenvalue weighted by Gasteiger charge is 2.32. The Morgan fingerprint density at radius 3 is 2.87 bits per heavy atom. The molecular weight excluding hydrogens is 296 g/mol. The topological polar surface area (TPSA) is 99.9 Å². The van der Waals surface area contributed by atoms with Crippen molar-refractivity contribution in [2.75, 3.05) is 18.4 Å². The van der Waals surface area contributed by atoms with Gasteiger partial charge in [0.1, 0.15) is 5.69 Å². The second-order valence-corrected chi connectivity index (χ2v) is 5.27. The first-order valence-electron chi connectivity index (χ1n) is 7.22. The minimum Gasteiger partial charge on any atom is -0.463 e. The van der Waals surface area contributed by atoms with Crippen LogP contribution in [-0.4, -0.2) is 50.1 Å². The first kappa shape index (κ1) is 13.5. The molecule has 0 spiro atoms. The van der Waals surface area contributed by atoms with E-state index in [1.54, 1.807) is 41.8 Å². The summed E-state index contributed by atoms with van der Waals surface area (Å²) in [6.07, 6.45) is 4.93. The van der Waals surface area contributed by atoms with Crippen LogP contribution in [-0.2, 0) is 0 Å². The Hall–Kier alpha value is -3.16. The second-order valence-electron chi connectivity index (χ2n) is 5.27. The Balaban J connectivity index is 1.36. The van der Waals surface area contributed by atoms with E-state index >= 15 is 0 Å². The Kier molecular flexibility index (Phi) is 3.26. The third-order valence-electron chi connectivity index (χ3n) is 3.65. The number of nitrogens with one attached hydrogen (secondary N) is 2. The number of anilines is 1. The SMILES string of the molecule is O=C(c1cc(-c2ccco2)[nH]n1)N1CC(Nc2ncccn2)C1. The van der Waals surface area contributed by atoms with Crippen LogP contribution >= 0.6 is 0 Å². The molecule has 0 bridgehead atoms. The molecule has 0 saturated carbocycles.